The zero-order valence-electron chi connectivity index (χ0n) is 15.9. The topological polar surface area (TPSA) is 72.2 Å². The monoisotopic (exact) mass is 447 g/mol. The molecule has 9 heteroatoms. The van der Waals surface area contributed by atoms with Gasteiger partial charge in [-0.05, 0) is 31.5 Å². The molecule has 1 N–H and O–H groups in total. The summed E-state index contributed by atoms with van der Waals surface area (Å²) in [6, 6.07) is 15.0. The van der Waals surface area contributed by atoms with Gasteiger partial charge in [-0.15, -0.1) is 10.2 Å². The van der Waals surface area contributed by atoms with Crippen molar-refractivity contribution in [2.24, 2.45) is 5.10 Å². The summed E-state index contributed by atoms with van der Waals surface area (Å²) >= 11 is 13.3. The van der Waals surface area contributed by atoms with Gasteiger partial charge in [0.25, 0.3) is 5.91 Å². The Morgan fingerprint density at radius 1 is 1.14 bits per heavy atom. The molecule has 0 spiro atoms. The molecule has 29 heavy (non-hydrogen) atoms. The van der Waals surface area contributed by atoms with Crippen molar-refractivity contribution in [3.63, 3.8) is 0 Å². The highest BCUT2D eigenvalue weighted by Crippen LogP contribution is 2.24. The van der Waals surface area contributed by atoms with E-state index >= 15 is 0 Å². The van der Waals surface area contributed by atoms with Crippen LogP contribution in [0.1, 0.15) is 19.4 Å². The second kappa shape index (κ2) is 9.91. The second-order valence-corrected chi connectivity index (χ2v) is 7.82. The van der Waals surface area contributed by atoms with Crippen LogP contribution in [0.3, 0.4) is 0 Å². The van der Waals surface area contributed by atoms with Crippen molar-refractivity contribution in [1.29, 1.82) is 0 Å². The maximum Gasteiger partial charge on any atom is 0.250 e. The molecular weight excluding hydrogens is 429 g/mol. The Hall–Kier alpha value is -2.35. The number of hydrazone groups is 1. The highest BCUT2D eigenvalue weighted by molar-refractivity contribution is 7.99. The Kier molecular flexibility index (Phi) is 7.30. The van der Waals surface area contributed by atoms with Gasteiger partial charge in [0.15, 0.2) is 11.0 Å². The van der Waals surface area contributed by atoms with Crippen molar-refractivity contribution in [2.45, 2.75) is 25.5 Å². The fraction of sp³-hybridized carbons (Fsp3) is 0.200. The molecule has 0 aliphatic rings. The van der Waals surface area contributed by atoms with E-state index in [4.69, 9.17) is 23.2 Å². The van der Waals surface area contributed by atoms with Crippen molar-refractivity contribution in [1.82, 2.24) is 20.2 Å². The molecule has 0 saturated heterocycles. The van der Waals surface area contributed by atoms with Crippen molar-refractivity contribution in [3.8, 4) is 11.4 Å². The molecule has 0 radical (unpaired) electrons. The number of benzene rings is 2. The van der Waals surface area contributed by atoms with Crippen LogP contribution in [-0.4, -0.2) is 32.1 Å². The van der Waals surface area contributed by atoms with Gasteiger partial charge in [0.2, 0.25) is 0 Å². The van der Waals surface area contributed by atoms with E-state index in [0.717, 1.165) is 17.0 Å². The van der Waals surface area contributed by atoms with Crippen LogP contribution in [0.2, 0.25) is 10.0 Å². The largest absolute Gasteiger partial charge is 0.302 e. The summed E-state index contributed by atoms with van der Waals surface area (Å²) < 4.78 is 1.98. The van der Waals surface area contributed by atoms with Gasteiger partial charge in [0.1, 0.15) is 0 Å². The average molecular weight is 448 g/mol. The Balaban J connectivity index is 1.62. The number of carbonyl (C=O) groups is 1. The first-order chi connectivity index (χ1) is 14.0. The van der Waals surface area contributed by atoms with Gasteiger partial charge in [-0.25, -0.2) is 5.43 Å². The average Bonchev–Trinajstić information content (AvgIpc) is 3.16. The quantitative estimate of drug-likeness (QED) is 0.317. The number of thioether (sulfide) groups is 1. The van der Waals surface area contributed by atoms with Crippen molar-refractivity contribution < 1.29 is 4.79 Å². The molecule has 0 unspecified atom stereocenters. The standard InChI is InChI=1S/C20H19Cl2N5OS/c1-3-27-19(14-7-5-4-6-8-14)25-26-20(27)29-12-18(28)24-23-13(2)15-9-10-16(21)17(22)11-15/h4-11H,3,12H2,1-2H3,(H,24,28)/b23-13-. The Bertz CT molecular complexity index is 1040. The molecule has 0 aliphatic heterocycles. The van der Waals surface area contributed by atoms with Gasteiger partial charge in [0, 0.05) is 12.1 Å². The van der Waals surface area contributed by atoms with E-state index in [9.17, 15) is 4.79 Å². The van der Waals surface area contributed by atoms with E-state index in [2.05, 4.69) is 20.7 Å². The Morgan fingerprint density at radius 2 is 1.90 bits per heavy atom. The third-order valence-corrected chi connectivity index (χ3v) is 5.79. The minimum absolute atomic E-state index is 0.172. The predicted octanol–water partition coefficient (Wildman–Crippen LogP) is 4.90. The molecule has 3 rings (SSSR count). The molecule has 1 heterocycles. The normalized spacial score (nSPS) is 11.5. The predicted molar refractivity (Wildman–Crippen MR) is 119 cm³/mol. The number of rotatable bonds is 7. The minimum atomic E-state index is -0.235. The lowest BCUT2D eigenvalue weighted by Crippen LogP contribution is -2.21. The van der Waals surface area contributed by atoms with Crippen molar-refractivity contribution in [3.05, 3.63) is 64.1 Å². The first kappa shape index (κ1) is 21.4. The maximum atomic E-state index is 12.2. The van der Waals surface area contributed by atoms with Gasteiger partial charge < -0.3 is 4.57 Å². The highest BCUT2D eigenvalue weighted by Gasteiger charge is 2.14. The summed E-state index contributed by atoms with van der Waals surface area (Å²) in [7, 11) is 0. The Labute approximate surface area is 183 Å². The molecule has 1 amide bonds. The number of aromatic nitrogens is 3. The lowest BCUT2D eigenvalue weighted by atomic mass is 10.1. The van der Waals surface area contributed by atoms with Gasteiger partial charge in [-0.3, -0.25) is 4.79 Å². The molecule has 0 fully saturated rings. The van der Waals surface area contributed by atoms with Gasteiger partial charge in [-0.1, -0.05) is 71.4 Å². The molecule has 2 aromatic carbocycles. The van der Waals surface area contributed by atoms with Crippen LogP contribution in [0.4, 0.5) is 0 Å². The van der Waals surface area contributed by atoms with E-state index in [1.54, 1.807) is 25.1 Å². The number of amides is 1. The van der Waals surface area contributed by atoms with Crippen LogP contribution in [0.5, 0.6) is 0 Å². The van der Waals surface area contributed by atoms with Crippen molar-refractivity contribution in [2.75, 3.05) is 5.75 Å². The van der Waals surface area contributed by atoms with Crippen LogP contribution in [-0.2, 0) is 11.3 Å². The number of nitrogens with one attached hydrogen (secondary N) is 1. The summed E-state index contributed by atoms with van der Waals surface area (Å²) in [6.07, 6.45) is 0. The summed E-state index contributed by atoms with van der Waals surface area (Å²) in [5, 5.41) is 14.2. The van der Waals surface area contributed by atoms with E-state index in [1.165, 1.54) is 11.8 Å². The van der Waals surface area contributed by atoms with Gasteiger partial charge >= 0.3 is 0 Å². The molecular formula is C20H19Cl2N5OS. The van der Waals surface area contributed by atoms with Crippen molar-refractivity contribution >= 4 is 46.6 Å². The maximum absolute atomic E-state index is 12.2. The zero-order valence-corrected chi connectivity index (χ0v) is 18.2. The van der Waals surface area contributed by atoms with Crippen LogP contribution in [0, 0.1) is 0 Å². The third kappa shape index (κ3) is 5.38. The molecule has 0 aliphatic carbocycles. The molecule has 3 aromatic rings. The lowest BCUT2D eigenvalue weighted by Gasteiger charge is -2.07. The summed E-state index contributed by atoms with van der Waals surface area (Å²) in [5.41, 5.74) is 4.95. The first-order valence-corrected chi connectivity index (χ1v) is 10.6. The van der Waals surface area contributed by atoms with E-state index in [1.807, 2.05) is 41.8 Å². The molecule has 1 aromatic heterocycles. The molecule has 6 nitrogen and oxygen atoms in total. The zero-order chi connectivity index (χ0) is 20.8. The van der Waals surface area contributed by atoms with Crippen LogP contribution >= 0.6 is 35.0 Å². The summed E-state index contributed by atoms with van der Waals surface area (Å²) in [4.78, 5) is 12.2. The molecule has 0 saturated carbocycles. The van der Waals surface area contributed by atoms with E-state index in [0.29, 0.717) is 27.5 Å². The molecule has 150 valence electrons. The van der Waals surface area contributed by atoms with Gasteiger partial charge in [0.05, 0.1) is 21.5 Å². The Morgan fingerprint density at radius 3 is 2.59 bits per heavy atom. The fourth-order valence-corrected chi connectivity index (χ4v) is 3.67. The number of halogens is 2. The fourth-order valence-electron chi connectivity index (χ4n) is 2.58. The minimum Gasteiger partial charge on any atom is -0.302 e. The summed E-state index contributed by atoms with van der Waals surface area (Å²) in [5.74, 6) is 0.719. The van der Waals surface area contributed by atoms with E-state index < -0.39 is 0 Å². The number of nitrogens with zero attached hydrogens (tertiary/aromatic N) is 4. The lowest BCUT2D eigenvalue weighted by molar-refractivity contribution is -0.118. The number of hydrogen-bond acceptors (Lipinski definition) is 5. The number of hydrogen-bond donors (Lipinski definition) is 1. The first-order valence-electron chi connectivity index (χ1n) is 8.89. The highest BCUT2D eigenvalue weighted by atomic mass is 35.5. The SMILES string of the molecule is CCn1c(SCC(=O)N/N=C(/C)c2ccc(Cl)c(Cl)c2)nnc1-c1ccccc1. The molecule has 0 bridgehead atoms. The second-order valence-electron chi connectivity index (χ2n) is 6.07. The van der Waals surface area contributed by atoms with Crippen LogP contribution in [0.15, 0.2) is 58.8 Å². The number of carbonyl (C=O) groups excluding carboxylic acids is 1. The smallest absolute Gasteiger partial charge is 0.250 e. The van der Waals surface area contributed by atoms with Crippen LogP contribution in [0.25, 0.3) is 11.4 Å². The summed E-state index contributed by atoms with van der Waals surface area (Å²) in [6.45, 7) is 4.51. The van der Waals surface area contributed by atoms with Crippen LogP contribution < -0.4 is 5.43 Å². The third-order valence-electron chi connectivity index (χ3n) is 4.08. The van der Waals surface area contributed by atoms with E-state index in [-0.39, 0.29) is 11.7 Å². The van der Waals surface area contributed by atoms with Gasteiger partial charge in [-0.2, -0.15) is 5.10 Å². The molecule has 0 atom stereocenters.